The van der Waals surface area contributed by atoms with E-state index in [0.29, 0.717) is 17.9 Å². The van der Waals surface area contributed by atoms with Crippen LogP contribution in [0.15, 0.2) is 12.3 Å². The second kappa shape index (κ2) is 5.41. The van der Waals surface area contributed by atoms with Crippen molar-refractivity contribution < 1.29 is 4.92 Å². The first-order valence-corrected chi connectivity index (χ1v) is 5.15. The smallest absolute Gasteiger partial charge is 0.277 e. The summed E-state index contributed by atoms with van der Waals surface area (Å²) in [7, 11) is 0. The van der Waals surface area contributed by atoms with Gasteiger partial charge in [-0.15, -0.1) is 0 Å². The van der Waals surface area contributed by atoms with Gasteiger partial charge in [0.2, 0.25) is 0 Å². The molecule has 3 N–H and O–H groups in total. The number of nitro groups is 1. The number of aryl methyl sites for hydroxylation is 1. The van der Waals surface area contributed by atoms with Gasteiger partial charge in [-0.05, 0) is 13.3 Å². The Morgan fingerprint density at radius 3 is 2.94 bits per heavy atom. The van der Waals surface area contributed by atoms with Gasteiger partial charge in [0.25, 0.3) is 5.69 Å². The summed E-state index contributed by atoms with van der Waals surface area (Å²) in [5.74, 6) is 0.487. The lowest BCUT2D eigenvalue weighted by Crippen LogP contribution is -2.28. The molecular formula is C10H16N4O2. The lowest BCUT2D eigenvalue weighted by atomic mass is 10.2. The lowest BCUT2D eigenvalue weighted by molar-refractivity contribution is -0.385. The van der Waals surface area contributed by atoms with Crippen molar-refractivity contribution in [3.05, 3.63) is 27.9 Å². The van der Waals surface area contributed by atoms with Crippen LogP contribution in [0.2, 0.25) is 0 Å². The number of nitrogens with two attached hydrogens (primary N) is 1. The maximum absolute atomic E-state index is 10.7. The maximum Gasteiger partial charge on any atom is 0.277 e. The minimum Gasteiger partial charge on any atom is -0.368 e. The summed E-state index contributed by atoms with van der Waals surface area (Å²) < 4.78 is 0. The van der Waals surface area contributed by atoms with Crippen molar-refractivity contribution in [3.8, 4) is 0 Å². The molecule has 1 aromatic rings. The molecule has 0 bridgehead atoms. The molecule has 1 unspecified atom stereocenters. The van der Waals surface area contributed by atoms with Crippen LogP contribution in [0.4, 0.5) is 11.5 Å². The molecule has 0 amide bonds. The van der Waals surface area contributed by atoms with Gasteiger partial charge in [-0.2, -0.15) is 0 Å². The van der Waals surface area contributed by atoms with E-state index in [-0.39, 0.29) is 11.7 Å². The van der Waals surface area contributed by atoms with Crippen molar-refractivity contribution >= 4 is 11.5 Å². The highest BCUT2D eigenvalue weighted by atomic mass is 16.6. The molecule has 1 atom stereocenters. The summed E-state index contributed by atoms with van der Waals surface area (Å²) in [5, 5.41) is 13.7. The molecule has 0 saturated carbocycles. The molecule has 6 nitrogen and oxygen atoms in total. The monoisotopic (exact) mass is 224 g/mol. The lowest BCUT2D eigenvalue weighted by Gasteiger charge is -2.10. The molecule has 88 valence electrons. The number of rotatable bonds is 5. The molecule has 1 aromatic heterocycles. The molecule has 0 aliphatic heterocycles. The molecule has 0 aliphatic rings. The first kappa shape index (κ1) is 12.4. The normalized spacial score (nSPS) is 12.2. The third-order valence-electron chi connectivity index (χ3n) is 2.34. The number of anilines is 1. The Kier molecular flexibility index (Phi) is 4.19. The number of nitrogens with one attached hydrogen (secondary N) is 1. The zero-order chi connectivity index (χ0) is 12.1. The van der Waals surface area contributed by atoms with E-state index in [0.717, 1.165) is 6.42 Å². The number of hydrogen-bond donors (Lipinski definition) is 2. The Bertz CT molecular complexity index is 381. The van der Waals surface area contributed by atoms with E-state index in [1.165, 1.54) is 12.3 Å². The Morgan fingerprint density at radius 1 is 1.69 bits per heavy atom. The summed E-state index contributed by atoms with van der Waals surface area (Å²) in [6, 6.07) is 1.46. The molecule has 0 saturated heterocycles. The minimum atomic E-state index is -0.415. The highest BCUT2D eigenvalue weighted by Crippen LogP contribution is 2.19. The summed E-state index contributed by atoms with van der Waals surface area (Å²) in [6.45, 7) is 4.20. The maximum atomic E-state index is 10.7. The molecule has 0 radical (unpaired) electrons. The van der Waals surface area contributed by atoms with Crippen LogP contribution in [-0.4, -0.2) is 22.5 Å². The SMILES string of the molecule is CCC(N)CNc1cc([N+](=O)[O-])c(C)cn1. The van der Waals surface area contributed by atoms with E-state index in [1.54, 1.807) is 6.92 Å². The molecule has 1 heterocycles. The molecule has 0 fully saturated rings. The van der Waals surface area contributed by atoms with Gasteiger partial charge in [0.1, 0.15) is 5.82 Å². The van der Waals surface area contributed by atoms with Gasteiger partial charge >= 0.3 is 0 Å². The number of pyridine rings is 1. The standard InChI is InChI=1S/C10H16N4O2/c1-3-8(11)6-13-10-4-9(14(15)16)7(2)5-12-10/h4-5,8H,3,6,11H2,1-2H3,(H,12,13). The average Bonchev–Trinajstić information content (AvgIpc) is 2.27. The van der Waals surface area contributed by atoms with Crippen LogP contribution in [0.5, 0.6) is 0 Å². The van der Waals surface area contributed by atoms with Crippen molar-refractivity contribution in [2.75, 3.05) is 11.9 Å². The Balaban J connectivity index is 2.75. The molecule has 6 heteroatoms. The topological polar surface area (TPSA) is 94.1 Å². The Hall–Kier alpha value is -1.69. The van der Waals surface area contributed by atoms with Crippen LogP contribution in [0.25, 0.3) is 0 Å². The van der Waals surface area contributed by atoms with Crippen LogP contribution < -0.4 is 11.1 Å². The zero-order valence-electron chi connectivity index (χ0n) is 9.43. The summed E-state index contributed by atoms with van der Waals surface area (Å²) >= 11 is 0. The van der Waals surface area contributed by atoms with Crippen molar-refractivity contribution in [2.45, 2.75) is 26.3 Å². The van der Waals surface area contributed by atoms with Crippen molar-refractivity contribution in [1.29, 1.82) is 0 Å². The Morgan fingerprint density at radius 2 is 2.38 bits per heavy atom. The van der Waals surface area contributed by atoms with Crippen molar-refractivity contribution in [1.82, 2.24) is 4.98 Å². The van der Waals surface area contributed by atoms with Gasteiger partial charge in [0.15, 0.2) is 0 Å². The predicted octanol–water partition coefficient (Wildman–Crippen LogP) is 1.45. The summed E-state index contributed by atoms with van der Waals surface area (Å²) in [6.07, 6.45) is 2.33. The van der Waals surface area contributed by atoms with Crippen LogP contribution in [0, 0.1) is 17.0 Å². The first-order chi connectivity index (χ1) is 7.54. The largest absolute Gasteiger partial charge is 0.368 e. The fourth-order valence-electron chi connectivity index (χ4n) is 1.19. The Labute approximate surface area is 94.0 Å². The second-order valence-electron chi connectivity index (χ2n) is 3.66. The quantitative estimate of drug-likeness (QED) is 0.583. The second-order valence-corrected chi connectivity index (χ2v) is 3.66. The van der Waals surface area contributed by atoms with Crippen molar-refractivity contribution in [3.63, 3.8) is 0 Å². The molecule has 0 spiro atoms. The summed E-state index contributed by atoms with van der Waals surface area (Å²) in [5.41, 5.74) is 6.35. The van der Waals surface area contributed by atoms with Gasteiger partial charge in [-0.25, -0.2) is 4.98 Å². The van der Waals surface area contributed by atoms with Crippen LogP contribution in [0.3, 0.4) is 0 Å². The number of nitrogens with zero attached hydrogens (tertiary/aromatic N) is 2. The third-order valence-corrected chi connectivity index (χ3v) is 2.34. The molecular weight excluding hydrogens is 208 g/mol. The third kappa shape index (κ3) is 3.16. The van der Waals surface area contributed by atoms with Crippen molar-refractivity contribution in [2.24, 2.45) is 5.73 Å². The number of aromatic nitrogens is 1. The van der Waals surface area contributed by atoms with E-state index in [4.69, 9.17) is 5.73 Å². The van der Waals surface area contributed by atoms with Crippen LogP contribution >= 0.6 is 0 Å². The van der Waals surface area contributed by atoms with E-state index >= 15 is 0 Å². The number of hydrogen-bond acceptors (Lipinski definition) is 5. The fraction of sp³-hybridized carbons (Fsp3) is 0.500. The molecule has 0 aliphatic carbocycles. The van der Waals surface area contributed by atoms with E-state index in [1.807, 2.05) is 6.92 Å². The average molecular weight is 224 g/mol. The van der Waals surface area contributed by atoms with Crippen LogP contribution in [-0.2, 0) is 0 Å². The van der Waals surface area contributed by atoms with Gasteiger partial charge in [0, 0.05) is 24.3 Å². The zero-order valence-corrected chi connectivity index (χ0v) is 9.43. The van der Waals surface area contributed by atoms with Gasteiger partial charge in [0.05, 0.1) is 11.0 Å². The van der Waals surface area contributed by atoms with E-state index in [2.05, 4.69) is 10.3 Å². The fourth-order valence-corrected chi connectivity index (χ4v) is 1.19. The molecule has 1 rings (SSSR count). The van der Waals surface area contributed by atoms with Gasteiger partial charge in [-0.3, -0.25) is 10.1 Å². The molecule has 16 heavy (non-hydrogen) atoms. The minimum absolute atomic E-state index is 0.0298. The summed E-state index contributed by atoms with van der Waals surface area (Å²) in [4.78, 5) is 14.3. The first-order valence-electron chi connectivity index (χ1n) is 5.15. The highest BCUT2D eigenvalue weighted by Gasteiger charge is 2.12. The van der Waals surface area contributed by atoms with Crippen LogP contribution in [0.1, 0.15) is 18.9 Å². The van der Waals surface area contributed by atoms with E-state index in [9.17, 15) is 10.1 Å². The highest BCUT2D eigenvalue weighted by molar-refractivity contribution is 5.48. The molecule has 0 aromatic carbocycles. The van der Waals surface area contributed by atoms with Gasteiger partial charge in [-0.1, -0.05) is 6.92 Å². The van der Waals surface area contributed by atoms with E-state index < -0.39 is 4.92 Å². The predicted molar refractivity (Wildman–Crippen MR) is 62.4 cm³/mol. The van der Waals surface area contributed by atoms with Gasteiger partial charge < -0.3 is 11.1 Å².